The van der Waals surface area contributed by atoms with Gasteiger partial charge in [0, 0.05) is 24.2 Å². The van der Waals surface area contributed by atoms with Gasteiger partial charge >= 0.3 is 5.69 Å². The zero-order valence-corrected chi connectivity index (χ0v) is 11.1. The van der Waals surface area contributed by atoms with Gasteiger partial charge in [-0.2, -0.15) is 16.7 Å². The van der Waals surface area contributed by atoms with Crippen LogP contribution in [-0.4, -0.2) is 31.2 Å². The molecule has 0 atom stereocenters. The Labute approximate surface area is 112 Å². The zero-order valence-electron chi connectivity index (χ0n) is 10.3. The van der Waals surface area contributed by atoms with E-state index in [1.54, 1.807) is 0 Å². The molecule has 0 saturated carbocycles. The lowest BCUT2D eigenvalue weighted by atomic mass is 10.2. The second-order valence-electron chi connectivity index (χ2n) is 4.28. The minimum absolute atomic E-state index is 0.232. The Balaban J connectivity index is 2.03. The Morgan fingerprint density at radius 3 is 2.95 bits per heavy atom. The monoisotopic (exact) mass is 280 g/mol. The first-order valence-electron chi connectivity index (χ1n) is 5.94. The van der Waals surface area contributed by atoms with Crippen molar-refractivity contribution in [2.45, 2.75) is 19.4 Å². The molecule has 0 amide bonds. The predicted octanol–water partition coefficient (Wildman–Crippen LogP) is 0.437. The summed E-state index contributed by atoms with van der Waals surface area (Å²) in [4.78, 5) is 29.7. The second kappa shape index (κ2) is 4.69. The fraction of sp³-hybridized carbons (Fsp3) is 0.455. The van der Waals surface area contributed by atoms with E-state index in [-0.39, 0.29) is 17.3 Å². The highest BCUT2D eigenvalue weighted by Crippen LogP contribution is 2.33. The van der Waals surface area contributed by atoms with E-state index in [0.717, 1.165) is 11.5 Å². The molecule has 0 spiro atoms. The number of aromatic amines is 1. The molecule has 8 heteroatoms. The minimum Gasteiger partial charge on any atom is -0.339 e. The number of rotatable bonds is 3. The van der Waals surface area contributed by atoms with Gasteiger partial charge < -0.3 is 9.09 Å². The van der Waals surface area contributed by atoms with Crippen LogP contribution in [0, 0.1) is 0 Å². The van der Waals surface area contributed by atoms with Crippen LogP contribution in [0.3, 0.4) is 0 Å². The summed E-state index contributed by atoms with van der Waals surface area (Å²) in [7, 11) is 0. The Morgan fingerprint density at radius 1 is 1.53 bits per heavy atom. The van der Waals surface area contributed by atoms with Gasteiger partial charge in [-0.25, -0.2) is 4.79 Å². The lowest BCUT2D eigenvalue weighted by molar-refractivity contribution is 0.365. The van der Waals surface area contributed by atoms with Crippen molar-refractivity contribution >= 4 is 11.8 Å². The molecular formula is C11H12N4O3S. The van der Waals surface area contributed by atoms with Gasteiger partial charge in [-0.3, -0.25) is 9.78 Å². The maximum atomic E-state index is 11.8. The van der Waals surface area contributed by atoms with Gasteiger partial charge in [0.15, 0.2) is 0 Å². The van der Waals surface area contributed by atoms with Crippen molar-refractivity contribution in [1.29, 1.82) is 0 Å². The Bertz CT molecular complexity index is 713. The molecule has 1 N–H and O–H groups in total. The van der Waals surface area contributed by atoms with E-state index < -0.39 is 11.2 Å². The molecule has 3 rings (SSSR count). The molecule has 1 aliphatic heterocycles. The summed E-state index contributed by atoms with van der Waals surface area (Å²) < 4.78 is 6.56. The maximum absolute atomic E-state index is 11.8. The number of H-pyrrole nitrogens is 1. The molecule has 0 aliphatic carbocycles. The third kappa shape index (κ3) is 2.12. The summed E-state index contributed by atoms with van der Waals surface area (Å²) in [6.45, 7) is 2.28. The topological polar surface area (TPSA) is 93.8 Å². The quantitative estimate of drug-likeness (QED) is 0.876. The Morgan fingerprint density at radius 2 is 2.32 bits per heavy atom. The van der Waals surface area contributed by atoms with Crippen molar-refractivity contribution in [3.05, 3.63) is 32.9 Å². The Hall–Kier alpha value is -1.83. The summed E-state index contributed by atoms with van der Waals surface area (Å²) in [5, 5.41) is 3.82. The van der Waals surface area contributed by atoms with Crippen LogP contribution < -0.4 is 11.2 Å². The first-order chi connectivity index (χ1) is 9.19. The number of aryl methyl sites for hydroxylation is 1. The lowest BCUT2D eigenvalue weighted by Crippen LogP contribution is -2.30. The van der Waals surface area contributed by atoms with Crippen molar-refractivity contribution in [3.63, 3.8) is 0 Å². The van der Waals surface area contributed by atoms with E-state index in [0.29, 0.717) is 12.4 Å². The highest BCUT2D eigenvalue weighted by molar-refractivity contribution is 8.00. The van der Waals surface area contributed by atoms with Gasteiger partial charge in [0.05, 0.1) is 5.92 Å². The molecule has 1 saturated heterocycles. The van der Waals surface area contributed by atoms with Crippen molar-refractivity contribution in [2.24, 2.45) is 0 Å². The summed E-state index contributed by atoms with van der Waals surface area (Å²) in [6.07, 6.45) is 1.46. The number of aromatic nitrogens is 4. The molecule has 0 aromatic carbocycles. The molecule has 7 nitrogen and oxygen atoms in total. The average Bonchev–Trinajstić information content (AvgIpc) is 2.76. The summed E-state index contributed by atoms with van der Waals surface area (Å²) >= 11 is 1.82. The number of hydrogen-bond donors (Lipinski definition) is 1. The van der Waals surface area contributed by atoms with Crippen LogP contribution in [0.5, 0.6) is 0 Å². The molecular weight excluding hydrogens is 268 g/mol. The van der Waals surface area contributed by atoms with Gasteiger partial charge in [0.25, 0.3) is 5.56 Å². The van der Waals surface area contributed by atoms with Gasteiger partial charge in [-0.15, -0.1) is 0 Å². The molecule has 19 heavy (non-hydrogen) atoms. The van der Waals surface area contributed by atoms with Gasteiger partial charge in [-0.1, -0.05) is 5.16 Å². The van der Waals surface area contributed by atoms with Crippen LogP contribution in [0.25, 0.3) is 11.4 Å². The zero-order chi connectivity index (χ0) is 13.4. The van der Waals surface area contributed by atoms with Crippen molar-refractivity contribution < 1.29 is 4.52 Å². The van der Waals surface area contributed by atoms with E-state index >= 15 is 0 Å². The predicted molar refractivity (Wildman–Crippen MR) is 70.4 cm³/mol. The third-order valence-corrected chi connectivity index (χ3v) is 4.30. The normalized spacial score (nSPS) is 15.4. The first-order valence-corrected chi connectivity index (χ1v) is 7.10. The average molecular weight is 280 g/mol. The van der Waals surface area contributed by atoms with Crippen LogP contribution in [0.2, 0.25) is 0 Å². The standard InChI is InChI=1S/C11H12N4O3S/c1-2-15-3-7(9(16)13-11(15)17)8-12-10(18-14-8)6-4-19-5-6/h3,6H,2,4-5H2,1H3,(H,13,16,17). The largest absolute Gasteiger partial charge is 0.339 e. The first kappa shape index (κ1) is 12.2. The van der Waals surface area contributed by atoms with Gasteiger partial charge in [0.1, 0.15) is 5.56 Å². The fourth-order valence-corrected chi connectivity index (χ4v) is 2.55. The molecule has 1 fully saturated rings. The SMILES string of the molecule is CCn1cc(-c2noc(C3CSC3)n2)c(=O)[nH]c1=O. The lowest BCUT2D eigenvalue weighted by Gasteiger charge is -2.19. The molecule has 0 bridgehead atoms. The smallest absolute Gasteiger partial charge is 0.328 e. The maximum Gasteiger partial charge on any atom is 0.328 e. The van der Waals surface area contributed by atoms with Crippen LogP contribution in [0.1, 0.15) is 18.7 Å². The molecule has 2 aromatic rings. The molecule has 2 aromatic heterocycles. The number of nitrogens with zero attached hydrogens (tertiary/aromatic N) is 3. The molecule has 100 valence electrons. The third-order valence-electron chi connectivity index (χ3n) is 3.02. The van der Waals surface area contributed by atoms with Gasteiger partial charge in [-0.05, 0) is 6.92 Å². The number of thioether (sulfide) groups is 1. The van der Waals surface area contributed by atoms with Crippen LogP contribution >= 0.6 is 11.8 Å². The molecule has 1 aliphatic rings. The Kier molecular flexibility index (Phi) is 3.02. The van der Waals surface area contributed by atoms with E-state index in [1.165, 1.54) is 10.8 Å². The highest BCUT2D eigenvalue weighted by atomic mass is 32.2. The molecule has 0 unspecified atom stereocenters. The van der Waals surface area contributed by atoms with Crippen molar-refractivity contribution in [3.8, 4) is 11.4 Å². The van der Waals surface area contributed by atoms with Crippen LogP contribution in [0.15, 0.2) is 20.3 Å². The fourth-order valence-electron chi connectivity index (χ4n) is 1.79. The summed E-state index contributed by atoms with van der Waals surface area (Å²) in [6, 6.07) is 0. The minimum atomic E-state index is -0.495. The molecule has 3 heterocycles. The van der Waals surface area contributed by atoms with Crippen molar-refractivity contribution in [1.82, 2.24) is 19.7 Å². The van der Waals surface area contributed by atoms with E-state index in [4.69, 9.17) is 4.52 Å². The van der Waals surface area contributed by atoms with Gasteiger partial charge in [0.2, 0.25) is 11.7 Å². The summed E-state index contributed by atoms with van der Waals surface area (Å²) in [5.41, 5.74) is -0.677. The molecule has 0 radical (unpaired) electrons. The van der Waals surface area contributed by atoms with Crippen LogP contribution in [-0.2, 0) is 6.54 Å². The summed E-state index contributed by atoms with van der Waals surface area (Å²) in [5.74, 6) is 3.00. The van der Waals surface area contributed by atoms with Crippen molar-refractivity contribution in [2.75, 3.05) is 11.5 Å². The second-order valence-corrected chi connectivity index (χ2v) is 5.35. The van der Waals surface area contributed by atoms with Crippen LogP contribution in [0.4, 0.5) is 0 Å². The number of hydrogen-bond acceptors (Lipinski definition) is 6. The van der Waals surface area contributed by atoms with E-state index in [2.05, 4.69) is 15.1 Å². The van der Waals surface area contributed by atoms with E-state index in [1.807, 2.05) is 18.7 Å². The highest BCUT2D eigenvalue weighted by Gasteiger charge is 2.26. The number of nitrogens with one attached hydrogen (secondary N) is 1. The van der Waals surface area contributed by atoms with E-state index in [9.17, 15) is 9.59 Å².